The summed E-state index contributed by atoms with van der Waals surface area (Å²) >= 11 is 0. The lowest BCUT2D eigenvalue weighted by atomic mass is 9.77. The SMILES string of the molecule is CCCN(Cc1ccc(-c2ccccc2-c2nnnn2C(c2ccccc2)(c2ccccc2)c2ccccc2)cc1)c1ncccc1C(=O)C(F)(F)C(=O)OCC. The maximum atomic E-state index is 14.9. The number of tetrazole rings is 1. The van der Waals surface area contributed by atoms with Gasteiger partial charge >= 0.3 is 11.9 Å². The van der Waals surface area contributed by atoms with Gasteiger partial charge in [0.15, 0.2) is 5.82 Å². The van der Waals surface area contributed by atoms with Crippen molar-refractivity contribution in [2.75, 3.05) is 18.1 Å². The van der Waals surface area contributed by atoms with E-state index < -0.39 is 23.2 Å². The number of alkyl halides is 2. The minimum Gasteiger partial charge on any atom is -0.461 e. The predicted molar refractivity (Wildman–Crippen MR) is 215 cm³/mol. The number of ether oxygens (including phenoxy) is 1. The lowest BCUT2D eigenvalue weighted by Crippen LogP contribution is -2.40. The van der Waals surface area contributed by atoms with Crippen molar-refractivity contribution < 1.29 is 23.1 Å². The van der Waals surface area contributed by atoms with Crippen molar-refractivity contribution >= 4 is 17.6 Å². The first kappa shape index (κ1) is 38.4. The molecule has 0 bridgehead atoms. The van der Waals surface area contributed by atoms with Gasteiger partial charge in [-0.1, -0.05) is 146 Å². The molecule has 0 radical (unpaired) electrons. The van der Waals surface area contributed by atoms with Gasteiger partial charge in [0.1, 0.15) is 11.4 Å². The van der Waals surface area contributed by atoms with Gasteiger partial charge in [-0.25, -0.2) is 14.5 Å². The first-order valence-electron chi connectivity index (χ1n) is 18.7. The molecule has 0 fully saturated rings. The van der Waals surface area contributed by atoms with E-state index in [1.165, 1.54) is 25.3 Å². The smallest absolute Gasteiger partial charge is 0.404 e. The molecule has 0 aliphatic rings. The molecule has 0 saturated carbocycles. The monoisotopic (exact) mass is 762 g/mol. The second-order valence-electron chi connectivity index (χ2n) is 13.4. The number of carbonyl (C=O) groups excluding carboxylic acids is 2. The third kappa shape index (κ3) is 7.43. The number of ketones is 1. The van der Waals surface area contributed by atoms with E-state index in [9.17, 15) is 18.4 Å². The molecule has 0 spiro atoms. The van der Waals surface area contributed by atoms with Crippen LogP contribution in [0.3, 0.4) is 0 Å². The molecule has 11 heteroatoms. The highest BCUT2D eigenvalue weighted by Gasteiger charge is 2.50. The van der Waals surface area contributed by atoms with E-state index in [0.717, 1.165) is 38.9 Å². The number of halogens is 2. The maximum absolute atomic E-state index is 14.9. The summed E-state index contributed by atoms with van der Waals surface area (Å²) in [5.74, 6) is -7.28. The molecule has 9 nitrogen and oxygen atoms in total. The molecule has 57 heavy (non-hydrogen) atoms. The zero-order valence-electron chi connectivity index (χ0n) is 31.5. The van der Waals surface area contributed by atoms with E-state index >= 15 is 0 Å². The number of esters is 1. The summed E-state index contributed by atoms with van der Waals surface area (Å²) in [5, 5.41) is 13.7. The summed E-state index contributed by atoms with van der Waals surface area (Å²) in [6, 6.07) is 49.1. The number of carbonyl (C=O) groups is 2. The average molecular weight is 763 g/mol. The molecule has 286 valence electrons. The number of aromatic nitrogens is 5. The normalized spacial score (nSPS) is 11.6. The van der Waals surface area contributed by atoms with E-state index in [0.29, 0.717) is 18.8 Å². The average Bonchev–Trinajstić information content (AvgIpc) is 3.75. The van der Waals surface area contributed by atoms with Crippen LogP contribution in [0.2, 0.25) is 0 Å². The summed E-state index contributed by atoms with van der Waals surface area (Å²) in [4.78, 5) is 31.2. The summed E-state index contributed by atoms with van der Waals surface area (Å²) < 4.78 is 36.3. The predicted octanol–water partition coefficient (Wildman–Crippen LogP) is 9.04. The van der Waals surface area contributed by atoms with Crippen molar-refractivity contribution in [3.63, 3.8) is 0 Å². The zero-order valence-corrected chi connectivity index (χ0v) is 31.5. The molecule has 0 aliphatic heterocycles. The van der Waals surface area contributed by atoms with Crippen LogP contribution in [0, 0.1) is 0 Å². The fraction of sp³-hybridized carbons (Fsp3) is 0.174. The number of pyridine rings is 1. The third-order valence-corrected chi connectivity index (χ3v) is 9.81. The van der Waals surface area contributed by atoms with Gasteiger partial charge in [-0.15, -0.1) is 5.10 Å². The molecule has 0 N–H and O–H groups in total. The Labute approximate surface area is 329 Å². The van der Waals surface area contributed by atoms with Crippen molar-refractivity contribution in [2.45, 2.75) is 38.3 Å². The Balaban J connectivity index is 1.27. The van der Waals surface area contributed by atoms with Crippen LogP contribution in [-0.4, -0.2) is 56.0 Å². The Bertz CT molecular complexity index is 2350. The Morgan fingerprint density at radius 1 is 0.702 bits per heavy atom. The molecule has 0 saturated heterocycles. The molecule has 0 unspecified atom stereocenters. The van der Waals surface area contributed by atoms with E-state index in [1.54, 1.807) is 4.90 Å². The quantitative estimate of drug-likeness (QED) is 0.0442. The van der Waals surface area contributed by atoms with Crippen molar-refractivity contribution in [3.8, 4) is 22.5 Å². The first-order valence-corrected chi connectivity index (χ1v) is 18.7. The lowest BCUT2D eigenvalue weighted by molar-refractivity contribution is -0.164. The van der Waals surface area contributed by atoms with Gasteiger partial charge in [-0.2, -0.15) is 8.78 Å². The summed E-state index contributed by atoms with van der Waals surface area (Å²) in [7, 11) is 0. The molecule has 7 aromatic rings. The molecule has 0 atom stereocenters. The molecule has 0 aliphatic carbocycles. The van der Waals surface area contributed by atoms with Crippen molar-refractivity contribution in [2.24, 2.45) is 0 Å². The van der Waals surface area contributed by atoms with Crippen LogP contribution in [0.5, 0.6) is 0 Å². The van der Waals surface area contributed by atoms with E-state index in [1.807, 2.05) is 115 Å². The van der Waals surface area contributed by atoms with Crippen LogP contribution < -0.4 is 4.90 Å². The Morgan fingerprint density at radius 3 is 1.82 bits per heavy atom. The van der Waals surface area contributed by atoms with Crippen LogP contribution in [0.1, 0.15) is 52.9 Å². The zero-order chi connectivity index (χ0) is 39.8. The number of anilines is 1. The second kappa shape index (κ2) is 16.9. The molecular weight excluding hydrogens is 723 g/mol. The van der Waals surface area contributed by atoms with Crippen molar-refractivity contribution in [1.82, 2.24) is 25.2 Å². The lowest BCUT2D eigenvalue weighted by Gasteiger charge is -2.36. The number of hydrogen-bond acceptors (Lipinski definition) is 8. The largest absolute Gasteiger partial charge is 0.461 e. The Morgan fingerprint density at radius 2 is 1.26 bits per heavy atom. The summed E-state index contributed by atoms with van der Waals surface area (Å²) in [6.07, 6.45) is 2.09. The summed E-state index contributed by atoms with van der Waals surface area (Å²) in [5.41, 5.74) is 5.12. The number of Topliss-reactive ketones (excluding diaryl/α,β-unsaturated/α-hetero) is 1. The Kier molecular flexibility index (Phi) is 11.4. The van der Waals surface area contributed by atoms with Crippen molar-refractivity contribution in [1.29, 1.82) is 0 Å². The van der Waals surface area contributed by atoms with Crippen LogP contribution in [0.25, 0.3) is 22.5 Å². The van der Waals surface area contributed by atoms with E-state index in [4.69, 9.17) is 5.21 Å². The van der Waals surface area contributed by atoms with Gasteiger partial charge in [-0.3, -0.25) is 4.79 Å². The maximum Gasteiger partial charge on any atom is 0.404 e. The van der Waals surface area contributed by atoms with E-state index in [2.05, 4.69) is 56.4 Å². The van der Waals surface area contributed by atoms with Crippen LogP contribution in [-0.2, 0) is 21.6 Å². The highest BCUT2D eigenvalue weighted by molar-refractivity contribution is 6.15. The van der Waals surface area contributed by atoms with Gasteiger partial charge < -0.3 is 9.64 Å². The standard InChI is InChI=1S/C46H40F2N6O3/c1-3-31-53(42-40(25-16-30-49-42)41(55)46(47,48)44(56)57-4-2)32-33-26-28-34(29-27-33)38-23-14-15-24-39(38)43-50-51-52-54(43)45(35-17-8-5-9-18-35,36-19-10-6-11-20-36)37-21-12-7-13-22-37/h5-30H,3-4,31-32H2,1-2H3. The molecular formula is C46H40F2N6O3. The van der Waals surface area contributed by atoms with Gasteiger partial charge in [0, 0.05) is 24.8 Å². The number of nitrogens with zero attached hydrogens (tertiary/aromatic N) is 6. The number of benzene rings is 5. The van der Waals surface area contributed by atoms with Gasteiger partial charge in [0.05, 0.1) is 12.2 Å². The molecule has 5 aromatic carbocycles. The fourth-order valence-corrected chi connectivity index (χ4v) is 7.27. The second-order valence-corrected chi connectivity index (χ2v) is 13.4. The highest BCUT2D eigenvalue weighted by Crippen LogP contribution is 2.43. The highest BCUT2D eigenvalue weighted by atomic mass is 19.3. The Hall–Kier alpha value is -6.88. The topological polar surface area (TPSA) is 103 Å². The van der Waals surface area contributed by atoms with E-state index in [-0.39, 0.29) is 24.5 Å². The number of hydrogen-bond donors (Lipinski definition) is 0. The van der Waals surface area contributed by atoms with Gasteiger partial charge in [-0.05, 0) is 69.3 Å². The summed E-state index contributed by atoms with van der Waals surface area (Å²) in [6.45, 7) is 3.75. The van der Waals surface area contributed by atoms with Gasteiger partial charge in [0.25, 0.3) is 0 Å². The molecule has 2 aromatic heterocycles. The van der Waals surface area contributed by atoms with Crippen LogP contribution in [0.15, 0.2) is 158 Å². The number of rotatable bonds is 15. The minimum absolute atomic E-state index is 0.0633. The van der Waals surface area contributed by atoms with Crippen LogP contribution >= 0.6 is 0 Å². The van der Waals surface area contributed by atoms with Crippen LogP contribution in [0.4, 0.5) is 14.6 Å². The van der Waals surface area contributed by atoms with Gasteiger partial charge in [0.2, 0.25) is 5.78 Å². The minimum atomic E-state index is -4.36. The molecule has 7 rings (SSSR count). The first-order chi connectivity index (χ1) is 27.8. The molecule has 0 amide bonds. The fourth-order valence-electron chi connectivity index (χ4n) is 7.27. The third-order valence-electron chi connectivity index (χ3n) is 9.81. The van der Waals surface area contributed by atoms with Crippen molar-refractivity contribution in [3.05, 3.63) is 186 Å². The molecule has 2 heterocycles.